The third kappa shape index (κ3) is 3.42. The second kappa shape index (κ2) is 7.61. The fourth-order valence-electron chi connectivity index (χ4n) is 4.16. The van der Waals surface area contributed by atoms with Gasteiger partial charge in [0.15, 0.2) is 0 Å². The highest BCUT2D eigenvalue weighted by atomic mass is 32.1. The summed E-state index contributed by atoms with van der Waals surface area (Å²) in [6.45, 7) is 6.41. The molecule has 1 saturated heterocycles. The number of aromatic amines is 1. The van der Waals surface area contributed by atoms with Crippen molar-refractivity contribution in [3.05, 3.63) is 35.8 Å². The fraction of sp³-hybridized carbons (Fsp3) is 0.381. The number of fused-ring (bicyclic) bond motifs is 2. The molecule has 2 atom stereocenters. The maximum Gasteiger partial charge on any atom is 0.229 e. The van der Waals surface area contributed by atoms with E-state index >= 15 is 0 Å². The summed E-state index contributed by atoms with van der Waals surface area (Å²) < 4.78 is 0. The Morgan fingerprint density at radius 3 is 3.07 bits per heavy atom. The van der Waals surface area contributed by atoms with E-state index in [0.29, 0.717) is 12.1 Å². The Morgan fingerprint density at radius 2 is 2.17 bits per heavy atom. The van der Waals surface area contributed by atoms with Crippen molar-refractivity contribution in [2.24, 2.45) is 0 Å². The third-order valence-corrected chi connectivity index (χ3v) is 6.36. The molecule has 1 aliphatic heterocycles. The van der Waals surface area contributed by atoms with E-state index in [1.807, 2.05) is 18.3 Å². The van der Waals surface area contributed by atoms with Gasteiger partial charge in [-0.15, -0.1) is 11.3 Å². The number of H-pyrrole nitrogens is 1. The van der Waals surface area contributed by atoms with Crippen LogP contribution in [0, 0.1) is 0 Å². The molecule has 2 unspecified atom stereocenters. The zero-order chi connectivity index (χ0) is 19.8. The second-order valence-corrected chi connectivity index (χ2v) is 8.56. The first-order valence-electron chi connectivity index (χ1n) is 10.2. The number of thiophene rings is 1. The maximum absolute atomic E-state index is 5.00. The van der Waals surface area contributed by atoms with Crippen LogP contribution in [-0.4, -0.2) is 45.3 Å². The van der Waals surface area contributed by atoms with Crippen LogP contribution in [0.1, 0.15) is 26.7 Å². The summed E-state index contributed by atoms with van der Waals surface area (Å²) in [6.07, 6.45) is 4.11. The van der Waals surface area contributed by atoms with E-state index in [1.54, 1.807) is 11.3 Å². The number of benzene rings is 1. The molecule has 1 aromatic carbocycles. The highest BCUT2D eigenvalue weighted by Gasteiger charge is 2.30. The van der Waals surface area contributed by atoms with Gasteiger partial charge >= 0.3 is 0 Å². The lowest BCUT2D eigenvalue weighted by Crippen LogP contribution is -2.57. The first-order valence-corrected chi connectivity index (χ1v) is 11.1. The van der Waals surface area contributed by atoms with Crippen LogP contribution in [-0.2, 0) is 0 Å². The second-order valence-electron chi connectivity index (χ2n) is 7.67. The molecule has 0 bridgehead atoms. The summed E-state index contributed by atoms with van der Waals surface area (Å²) in [5, 5.41) is 18.4. The summed E-state index contributed by atoms with van der Waals surface area (Å²) in [7, 11) is 0. The van der Waals surface area contributed by atoms with Crippen LogP contribution in [0.2, 0.25) is 0 Å². The molecule has 150 valence electrons. The van der Waals surface area contributed by atoms with Crippen molar-refractivity contribution in [3.63, 3.8) is 0 Å². The predicted molar refractivity (Wildman–Crippen MR) is 120 cm³/mol. The van der Waals surface area contributed by atoms with Gasteiger partial charge in [-0.25, -0.2) is 4.98 Å². The average molecular weight is 408 g/mol. The van der Waals surface area contributed by atoms with Crippen LogP contribution >= 0.6 is 11.3 Å². The number of nitrogens with one attached hydrogen (secondary N) is 3. The van der Waals surface area contributed by atoms with Gasteiger partial charge < -0.3 is 15.5 Å². The number of anilines is 3. The fourth-order valence-corrected chi connectivity index (χ4v) is 4.92. The van der Waals surface area contributed by atoms with Crippen LogP contribution in [0.3, 0.4) is 0 Å². The summed E-state index contributed by atoms with van der Waals surface area (Å²) in [5.74, 6) is 1.68. The molecular weight excluding hydrogens is 382 g/mol. The molecular formula is C21H25N7S. The molecule has 4 heterocycles. The zero-order valence-corrected chi connectivity index (χ0v) is 17.5. The van der Waals surface area contributed by atoms with E-state index in [9.17, 15) is 0 Å². The SMILES string of the molecule is CCCC1CNCC(C)N1c1nc(Nc2ccc3[nH]ncc3c2)c2ccsc2n1. The largest absolute Gasteiger partial charge is 0.340 e. The van der Waals surface area contributed by atoms with Gasteiger partial charge in [0.25, 0.3) is 0 Å². The quantitative estimate of drug-likeness (QED) is 0.458. The first kappa shape index (κ1) is 18.3. The van der Waals surface area contributed by atoms with Crippen molar-refractivity contribution >= 4 is 49.9 Å². The molecule has 3 N–H and O–H groups in total. The Labute approximate surface area is 173 Å². The van der Waals surface area contributed by atoms with Gasteiger partial charge in [-0.1, -0.05) is 13.3 Å². The third-order valence-electron chi connectivity index (χ3n) is 5.56. The molecule has 0 aliphatic carbocycles. The van der Waals surface area contributed by atoms with Gasteiger partial charge in [0, 0.05) is 36.2 Å². The summed E-state index contributed by atoms with van der Waals surface area (Å²) in [4.78, 5) is 13.4. The van der Waals surface area contributed by atoms with Crippen LogP contribution in [0.5, 0.6) is 0 Å². The first-order chi connectivity index (χ1) is 14.2. The van der Waals surface area contributed by atoms with Gasteiger partial charge in [0.2, 0.25) is 5.95 Å². The molecule has 4 aromatic rings. The maximum atomic E-state index is 5.00. The highest BCUT2D eigenvalue weighted by molar-refractivity contribution is 7.16. The number of nitrogens with zero attached hydrogens (tertiary/aromatic N) is 4. The number of hydrogen-bond acceptors (Lipinski definition) is 7. The monoisotopic (exact) mass is 407 g/mol. The molecule has 3 aromatic heterocycles. The van der Waals surface area contributed by atoms with Crippen molar-refractivity contribution in [2.45, 2.75) is 38.8 Å². The Hall–Kier alpha value is -2.71. The number of rotatable bonds is 5. The summed E-state index contributed by atoms with van der Waals surface area (Å²) in [6, 6.07) is 9.03. The average Bonchev–Trinajstić information content (AvgIpc) is 3.37. The van der Waals surface area contributed by atoms with E-state index < -0.39 is 0 Å². The van der Waals surface area contributed by atoms with E-state index in [4.69, 9.17) is 9.97 Å². The van der Waals surface area contributed by atoms with Gasteiger partial charge in [0.1, 0.15) is 10.6 Å². The Morgan fingerprint density at radius 1 is 1.24 bits per heavy atom. The molecule has 1 aliphatic rings. The smallest absolute Gasteiger partial charge is 0.229 e. The predicted octanol–water partition coefficient (Wildman–Crippen LogP) is 4.28. The van der Waals surface area contributed by atoms with Crippen LogP contribution in [0.25, 0.3) is 21.1 Å². The van der Waals surface area contributed by atoms with Gasteiger partial charge in [-0.05, 0) is 43.0 Å². The van der Waals surface area contributed by atoms with Crippen molar-refractivity contribution < 1.29 is 0 Å². The molecule has 5 rings (SSSR count). The minimum absolute atomic E-state index is 0.354. The standard InChI is InChI=1S/C21H25N7S/c1-3-4-16-12-22-10-13(2)28(16)21-25-19(17-7-8-29-20(17)26-21)24-15-5-6-18-14(9-15)11-23-27-18/h5-9,11,13,16,22H,3-4,10,12H2,1-2H3,(H,23,27)(H,24,25,26). The van der Waals surface area contributed by atoms with Crippen LogP contribution in [0.4, 0.5) is 17.5 Å². The summed E-state index contributed by atoms with van der Waals surface area (Å²) >= 11 is 1.66. The van der Waals surface area contributed by atoms with Gasteiger partial charge in [-0.2, -0.15) is 10.1 Å². The Bertz CT molecular complexity index is 1130. The van der Waals surface area contributed by atoms with E-state index in [-0.39, 0.29) is 0 Å². The van der Waals surface area contributed by atoms with E-state index in [0.717, 1.165) is 64.5 Å². The molecule has 29 heavy (non-hydrogen) atoms. The molecule has 8 heteroatoms. The highest BCUT2D eigenvalue weighted by Crippen LogP contribution is 2.32. The molecule has 0 radical (unpaired) electrons. The van der Waals surface area contributed by atoms with Crippen molar-refractivity contribution in [3.8, 4) is 0 Å². The van der Waals surface area contributed by atoms with Gasteiger partial charge in [0.05, 0.1) is 17.1 Å². The van der Waals surface area contributed by atoms with E-state index in [1.165, 1.54) is 0 Å². The molecule has 0 saturated carbocycles. The van der Waals surface area contributed by atoms with Crippen molar-refractivity contribution in [1.82, 2.24) is 25.5 Å². The molecule has 0 spiro atoms. The van der Waals surface area contributed by atoms with Crippen molar-refractivity contribution in [2.75, 3.05) is 23.3 Å². The minimum atomic E-state index is 0.354. The lowest BCUT2D eigenvalue weighted by molar-refractivity contribution is 0.390. The lowest BCUT2D eigenvalue weighted by atomic mass is 10.1. The van der Waals surface area contributed by atoms with Gasteiger partial charge in [-0.3, -0.25) is 5.10 Å². The zero-order valence-electron chi connectivity index (χ0n) is 16.6. The Balaban J connectivity index is 1.55. The molecule has 7 nitrogen and oxygen atoms in total. The van der Waals surface area contributed by atoms with Crippen LogP contribution < -0.4 is 15.5 Å². The Kier molecular flexibility index (Phi) is 4.81. The van der Waals surface area contributed by atoms with Crippen LogP contribution in [0.15, 0.2) is 35.8 Å². The normalized spacial score (nSPS) is 19.9. The lowest BCUT2D eigenvalue weighted by Gasteiger charge is -2.41. The number of aromatic nitrogens is 4. The van der Waals surface area contributed by atoms with E-state index in [2.05, 4.69) is 57.1 Å². The number of hydrogen-bond donors (Lipinski definition) is 3. The summed E-state index contributed by atoms with van der Waals surface area (Å²) in [5.41, 5.74) is 2.02. The molecule has 1 fully saturated rings. The minimum Gasteiger partial charge on any atom is -0.340 e. The topological polar surface area (TPSA) is 81.8 Å². The molecule has 0 amide bonds. The number of piperazine rings is 1. The van der Waals surface area contributed by atoms with Crippen molar-refractivity contribution in [1.29, 1.82) is 0 Å².